The fraction of sp³-hybridized carbons (Fsp3) is 0.632. The molecule has 1 aliphatic heterocycles. The number of fused-ring (bicyclic) bond motifs is 1. The van der Waals surface area contributed by atoms with Gasteiger partial charge in [-0.2, -0.15) is 0 Å². The quantitative estimate of drug-likeness (QED) is 0.806. The second-order valence-corrected chi connectivity index (χ2v) is 6.71. The number of amides is 1. The number of hydrogen-bond acceptors (Lipinski definition) is 2. The van der Waals surface area contributed by atoms with Gasteiger partial charge in [0.05, 0.1) is 0 Å². The predicted molar refractivity (Wildman–Crippen MR) is 87.5 cm³/mol. The van der Waals surface area contributed by atoms with Crippen LogP contribution in [0, 0.1) is 5.92 Å². The van der Waals surface area contributed by atoms with Crippen LogP contribution < -0.4 is 0 Å². The molecule has 120 valence electrons. The molecule has 1 unspecified atom stereocenters. The Labute approximate surface area is 133 Å². The van der Waals surface area contributed by atoms with Crippen molar-refractivity contribution in [2.75, 3.05) is 0 Å². The third-order valence-corrected chi connectivity index (χ3v) is 5.33. The number of carbonyl (C=O) groups is 1. The van der Waals surface area contributed by atoms with Gasteiger partial charge in [0.2, 0.25) is 0 Å². The van der Waals surface area contributed by atoms with Crippen molar-refractivity contribution in [2.24, 2.45) is 5.92 Å². The molecule has 3 heteroatoms. The van der Waals surface area contributed by atoms with Crippen molar-refractivity contribution in [3.8, 4) is 0 Å². The Morgan fingerprint density at radius 1 is 1.18 bits per heavy atom. The summed E-state index contributed by atoms with van der Waals surface area (Å²) in [5, 5.41) is 0. The summed E-state index contributed by atoms with van der Waals surface area (Å²) < 4.78 is 5.62. The van der Waals surface area contributed by atoms with Gasteiger partial charge in [-0.1, -0.05) is 56.5 Å². The SMILES string of the molecule is CCC1C[C@@H]2CCCCC[C@H]2N1C(=O)OCc1ccccc1. The van der Waals surface area contributed by atoms with Gasteiger partial charge in [0.25, 0.3) is 0 Å². The van der Waals surface area contributed by atoms with E-state index in [1.165, 1.54) is 32.1 Å². The molecule has 1 aromatic carbocycles. The van der Waals surface area contributed by atoms with E-state index in [0.29, 0.717) is 24.6 Å². The van der Waals surface area contributed by atoms with E-state index in [2.05, 4.69) is 11.8 Å². The topological polar surface area (TPSA) is 29.5 Å². The van der Waals surface area contributed by atoms with Gasteiger partial charge >= 0.3 is 6.09 Å². The Kier molecular flexibility index (Phi) is 5.01. The van der Waals surface area contributed by atoms with E-state index < -0.39 is 0 Å². The van der Waals surface area contributed by atoms with E-state index in [-0.39, 0.29) is 6.09 Å². The Bertz CT molecular complexity index is 487. The van der Waals surface area contributed by atoms with Crippen molar-refractivity contribution in [3.05, 3.63) is 35.9 Å². The molecule has 0 radical (unpaired) electrons. The van der Waals surface area contributed by atoms with Crippen LogP contribution in [0.25, 0.3) is 0 Å². The van der Waals surface area contributed by atoms with Crippen LogP contribution in [0.15, 0.2) is 30.3 Å². The van der Waals surface area contributed by atoms with E-state index in [4.69, 9.17) is 4.74 Å². The molecule has 1 amide bonds. The Balaban J connectivity index is 1.66. The molecule has 2 fully saturated rings. The first-order chi connectivity index (χ1) is 10.8. The minimum Gasteiger partial charge on any atom is -0.445 e. The normalized spacial score (nSPS) is 28.0. The lowest BCUT2D eigenvalue weighted by Crippen LogP contribution is -2.42. The molecule has 0 aromatic heterocycles. The van der Waals surface area contributed by atoms with E-state index >= 15 is 0 Å². The molecule has 0 bridgehead atoms. The molecule has 2 aliphatic rings. The highest BCUT2D eigenvalue weighted by Gasteiger charge is 2.43. The van der Waals surface area contributed by atoms with E-state index in [9.17, 15) is 4.79 Å². The van der Waals surface area contributed by atoms with Gasteiger partial charge in [0.1, 0.15) is 6.61 Å². The van der Waals surface area contributed by atoms with Crippen LogP contribution in [0.1, 0.15) is 57.4 Å². The zero-order valence-corrected chi connectivity index (χ0v) is 13.5. The van der Waals surface area contributed by atoms with E-state index in [1.807, 2.05) is 30.3 Å². The number of likely N-dealkylation sites (tertiary alicyclic amines) is 1. The van der Waals surface area contributed by atoms with Gasteiger partial charge in [0.15, 0.2) is 0 Å². The summed E-state index contributed by atoms with van der Waals surface area (Å²) in [6, 6.07) is 10.7. The van der Waals surface area contributed by atoms with Crippen LogP contribution in [-0.4, -0.2) is 23.1 Å². The number of benzene rings is 1. The number of hydrogen-bond donors (Lipinski definition) is 0. The standard InChI is InChI=1S/C19H27NO2/c1-2-17-13-16-11-7-4-8-12-18(16)20(17)19(21)22-14-15-9-5-3-6-10-15/h3,5-6,9-10,16-18H,2,4,7-8,11-14H2,1H3/t16-,17?,18+/m0/s1. The largest absolute Gasteiger partial charge is 0.445 e. The lowest BCUT2D eigenvalue weighted by molar-refractivity contribution is 0.0730. The molecule has 0 spiro atoms. The Morgan fingerprint density at radius 3 is 2.73 bits per heavy atom. The molecule has 1 saturated carbocycles. The third kappa shape index (κ3) is 3.29. The zero-order chi connectivity index (χ0) is 15.4. The molecule has 1 aromatic rings. The average molecular weight is 301 g/mol. The number of rotatable bonds is 3. The van der Waals surface area contributed by atoms with E-state index in [0.717, 1.165) is 18.4 Å². The fourth-order valence-corrected chi connectivity index (χ4v) is 4.18. The average Bonchev–Trinajstić information content (AvgIpc) is 2.75. The summed E-state index contributed by atoms with van der Waals surface area (Å²) in [7, 11) is 0. The van der Waals surface area contributed by atoms with Crippen molar-refractivity contribution in [1.29, 1.82) is 0 Å². The molecule has 3 rings (SSSR count). The van der Waals surface area contributed by atoms with Gasteiger partial charge in [-0.15, -0.1) is 0 Å². The molecule has 3 atom stereocenters. The van der Waals surface area contributed by atoms with Crippen molar-refractivity contribution >= 4 is 6.09 Å². The molecule has 3 nitrogen and oxygen atoms in total. The zero-order valence-electron chi connectivity index (χ0n) is 13.5. The minimum absolute atomic E-state index is 0.106. The maximum absolute atomic E-state index is 12.7. The summed E-state index contributed by atoms with van der Waals surface area (Å²) >= 11 is 0. The maximum Gasteiger partial charge on any atom is 0.410 e. The maximum atomic E-state index is 12.7. The molecular weight excluding hydrogens is 274 g/mol. The first-order valence-electron chi connectivity index (χ1n) is 8.78. The second-order valence-electron chi connectivity index (χ2n) is 6.71. The molecule has 1 aliphatic carbocycles. The molecule has 0 N–H and O–H groups in total. The first kappa shape index (κ1) is 15.4. The molecule has 1 saturated heterocycles. The molecule has 22 heavy (non-hydrogen) atoms. The summed E-state index contributed by atoms with van der Waals surface area (Å²) in [6.07, 6.45) is 8.42. The van der Waals surface area contributed by atoms with Gasteiger partial charge in [0, 0.05) is 12.1 Å². The van der Waals surface area contributed by atoms with Crippen molar-refractivity contribution < 1.29 is 9.53 Å². The predicted octanol–water partition coefficient (Wildman–Crippen LogP) is 4.76. The molecular formula is C19H27NO2. The van der Waals surface area contributed by atoms with Gasteiger partial charge in [-0.25, -0.2) is 4.79 Å². The highest BCUT2D eigenvalue weighted by molar-refractivity contribution is 5.69. The van der Waals surface area contributed by atoms with Gasteiger partial charge in [-0.05, 0) is 37.2 Å². The summed E-state index contributed by atoms with van der Waals surface area (Å²) in [5.74, 6) is 0.691. The summed E-state index contributed by atoms with van der Waals surface area (Å²) in [5.41, 5.74) is 1.06. The number of ether oxygens (including phenoxy) is 1. The summed E-state index contributed by atoms with van der Waals surface area (Å²) in [6.45, 7) is 2.57. The van der Waals surface area contributed by atoms with Crippen molar-refractivity contribution in [3.63, 3.8) is 0 Å². The number of carbonyl (C=O) groups excluding carboxylic acids is 1. The highest BCUT2D eigenvalue weighted by Crippen LogP contribution is 2.40. The van der Waals surface area contributed by atoms with Crippen LogP contribution in [0.4, 0.5) is 4.79 Å². The molecule has 1 heterocycles. The third-order valence-electron chi connectivity index (χ3n) is 5.33. The van der Waals surface area contributed by atoms with Crippen LogP contribution in [0.5, 0.6) is 0 Å². The summed E-state index contributed by atoms with van der Waals surface area (Å²) in [4.78, 5) is 14.7. The lowest BCUT2D eigenvalue weighted by Gasteiger charge is -2.30. The monoisotopic (exact) mass is 301 g/mol. The Morgan fingerprint density at radius 2 is 1.95 bits per heavy atom. The van der Waals surface area contributed by atoms with Crippen LogP contribution in [0.2, 0.25) is 0 Å². The van der Waals surface area contributed by atoms with Crippen molar-refractivity contribution in [1.82, 2.24) is 4.90 Å². The Hall–Kier alpha value is -1.51. The first-order valence-corrected chi connectivity index (χ1v) is 8.78. The van der Waals surface area contributed by atoms with Gasteiger partial charge in [-0.3, -0.25) is 0 Å². The van der Waals surface area contributed by atoms with E-state index in [1.54, 1.807) is 0 Å². The van der Waals surface area contributed by atoms with Crippen LogP contribution in [0.3, 0.4) is 0 Å². The fourth-order valence-electron chi connectivity index (χ4n) is 4.18. The lowest BCUT2D eigenvalue weighted by atomic mass is 9.94. The van der Waals surface area contributed by atoms with Gasteiger partial charge < -0.3 is 9.64 Å². The second kappa shape index (κ2) is 7.17. The minimum atomic E-state index is -0.106. The smallest absolute Gasteiger partial charge is 0.410 e. The highest BCUT2D eigenvalue weighted by atomic mass is 16.6. The number of nitrogens with zero attached hydrogens (tertiary/aromatic N) is 1. The van der Waals surface area contributed by atoms with Crippen LogP contribution >= 0.6 is 0 Å². The van der Waals surface area contributed by atoms with Crippen LogP contribution in [-0.2, 0) is 11.3 Å². The van der Waals surface area contributed by atoms with Crippen molar-refractivity contribution in [2.45, 2.75) is 70.6 Å².